The Hall–Kier alpha value is -8.71. The molecular weight excluding hydrogens is 1140 g/mol. The fourth-order valence-electron chi connectivity index (χ4n) is 8.74. The van der Waals surface area contributed by atoms with Gasteiger partial charge in [-0.1, -0.05) is 156 Å². The summed E-state index contributed by atoms with van der Waals surface area (Å²) in [7, 11) is 0. The molecule has 93 heavy (non-hydrogen) atoms. The topological polar surface area (TPSA) is 168 Å². The van der Waals surface area contributed by atoms with E-state index in [0.29, 0.717) is 0 Å². The predicted molar refractivity (Wildman–Crippen MR) is 389 cm³/mol. The molecule has 0 N–H and O–H groups in total. The van der Waals surface area contributed by atoms with Gasteiger partial charge in [0.25, 0.3) is 0 Å². The Kier molecular flexibility index (Phi) is 30.3. The maximum atomic E-state index is 4.55. The number of aryl methyl sites for hydroxylation is 14. The molecule has 0 amide bonds. The number of nitrogens with zero attached hydrogens (tertiary/aromatic N) is 13. The summed E-state index contributed by atoms with van der Waals surface area (Å²) in [4.78, 5) is 56.0. The van der Waals surface area contributed by atoms with Crippen LogP contribution in [-0.2, 0) is 21.7 Å². The highest BCUT2D eigenvalue weighted by Gasteiger charge is 2.24. The highest BCUT2D eigenvalue weighted by molar-refractivity contribution is 5.67. The maximum absolute atomic E-state index is 4.55. The summed E-state index contributed by atoms with van der Waals surface area (Å²) < 4.78 is 0. The number of hydrogen-bond donors (Lipinski definition) is 0. The Morgan fingerprint density at radius 1 is 0.280 bits per heavy atom. The van der Waals surface area contributed by atoms with Crippen molar-refractivity contribution in [2.24, 2.45) is 0 Å². The number of hydrogen-bond acceptors (Lipinski definition) is 13. The molecule has 10 rings (SSSR count). The molecule has 2 aromatic carbocycles. The van der Waals surface area contributed by atoms with Crippen LogP contribution in [0.3, 0.4) is 0 Å². The number of aromatic nitrogens is 13. The third kappa shape index (κ3) is 28.0. The van der Waals surface area contributed by atoms with Gasteiger partial charge in [0, 0.05) is 115 Å². The molecule has 0 spiro atoms. The minimum atomic E-state index is -0.0201. The molecule has 8 aromatic heterocycles. The number of rotatable bonds is 2. The van der Waals surface area contributed by atoms with Gasteiger partial charge in [0.05, 0.1) is 11.4 Å². The van der Waals surface area contributed by atoms with E-state index in [4.69, 9.17) is 0 Å². The van der Waals surface area contributed by atoms with Gasteiger partial charge in [-0.05, 0) is 187 Å². The zero-order valence-corrected chi connectivity index (χ0v) is 62.0. The lowest BCUT2D eigenvalue weighted by Crippen LogP contribution is -2.24. The Balaban J connectivity index is 0.000000279. The van der Waals surface area contributed by atoms with Gasteiger partial charge < -0.3 is 0 Å². The quantitative estimate of drug-likeness (QED) is 0.160. The second-order valence-electron chi connectivity index (χ2n) is 27.8. The molecule has 0 radical (unpaired) electrons. The Bertz CT molecular complexity index is 3780. The molecular formula is C80H109N13. The summed E-state index contributed by atoms with van der Waals surface area (Å²) in [6, 6.07) is 35.0. The van der Waals surface area contributed by atoms with Crippen molar-refractivity contribution >= 4 is 0 Å². The van der Waals surface area contributed by atoms with E-state index in [9.17, 15) is 0 Å². The molecule has 0 aliphatic rings. The smallest absolute Gasteiger partial charge is 0.137 e. The van der Waals surface area contributed by atoms with Crippen LogP contribution in [0.5, 0.6) is 0 Å². The Morgan fingerprint density at radius 3 is 1.08 bits per heavy atom. The second kappa shape index (κ2) is 35.9. The van der Waals surface area contributed by atoms with Gasteiger partial charge >= 0.3 is 0 Å². The first kappa shape index (κ1) is 78.5. The van der Waals surface area contributed by atoms with Gasteiger partial charge in [0.2, 0.25) is 0 Å². The molecule has 0 saturated carbocycles. The molecule has 0 aliphatic carbocycles. The summed E-state index contributed by atoms with van der Waals surface area (Å²) in [5, 5.41) is 0. The number of benzene rings is 2. The minimum Gasteiger partial charge on any atom is -0.264 e. The summed E-state index contributed by atoms with van der Waals surface area (Å²) in [5.41, 5.74) is 23.2. The summed E-state index contributed by atoms with van der Waals surface area (Å²) in [6.45, 7) is 60.0. The molecule has 0 unspecified atom stereocenters. The Morgan fingerprint density at radius 2 is 0.688 bits per heavy atom. The summed E-state index contributed by atoms with van der Waals surface area (Å²) in [5.74, 6) is 4.36. The van der Waals surface area contributed by atoms with Crippen molar-refractivity contribution in [2.75, 3.05) is 0 Å². The average Bonchev–Trinajstić information content (AvgIpc) is 1.48. The van der Waals surface area contributed by atoms with E-state index in [-0.39, 0.29) is 21.7 Å². The van der Waals surface area contributed by atoms with Crippen molar-refractivity contribution in [2.45, 2.75) is 222 Å². The molecule has 8 heterocycles. The van der Waals surface area contributed by atoms with E-state index in [1.54, 1.807) is 12.4 Å². The molecule has 0 atom stereocenters. The highest BCUT2D eigenvalue weighted by atomic mass is 15.0. The maximum Gasteiger partial charge on any atom is 0.137 e. The fraction of sp³-hybridized carbons (Fsp3) is 0.412. The SMILES string of the molecule is Cc1cc(C)nc(C)c1.Cc1cccc(C(C)(C)C)n1.Cc1cncc(-c2ccccc2)c1C.Cc1cncc(C)n1.Cc1nc(C(C)(C)C)nc(C(C)(C)C)n1.Cc1nc(C(C)(C)C)nc(C)c1C.Cc1nc(C)c(C)c(C)n1.Cc1ncccc1-c1ccccc1. The van der Waals surface area contributed by atoms with Crippen LogP contribution in [0.2, 0.25) is 0 Å². The largest absolute Gasteiger partial charge is 0.264 e. The summed E-state index contributed by atoms with van der Waals surface area (Å²) in [6.07, 6.45) is 9.14. The van der Waals surface area contributed by atoms with Crippen LogP contribution in [0.4, 0.5) is 0 Å². The average molecular weight is 1250 g/mol. The first-order valence-electron chi connectivity index (χ1n) is 32.1. The van der Waals surface area contributed by atoms with Gasteiger partial charge in [-0.15, -0.1) is 0 Å². The van der Waals surface area contributed by atoms with Crippen LogP contribution < -0.4 is 0 Å². The van der Waals surface area contributed by atoms with Gasteiger partial charge in [0.1, 0.15) is 29.1 Å². The lowest BCUT2D eigenvalue weighted by atomic mass is 9.91. The lowest BCUT2D eigenvalue weighted by Gasteiger charge is -2.22. The molecule has 0 fully saturated rings. The highest BCUT2D eigenvalue weighted by Crippen LogP contribution is 2.26. The van der Waals surface area contributed by atoms with Crippen molar-refractivity contribution in [3.63, 3.8) is 0 Å². The molecule has 494 valence electrons. The first-order chi connectivity index (χ1) is 43.2. The molecule has 0 aliphatic heterocycles. The van der Waals surface area contributed by atoms with Crippen molar-refractivity contribution in [3.8, 4) is 22.3 Å². The van der Waals surface area contributed by atoms with E-state index in [1.165, 1.54) is 50.1 Å². The van der Waals surface area contributed by atoms with Gasteiger partial charge in [-0.2, -0.15) is 0 Å². The zero-order chi connectivity index (χ0) is 70.2. The minimum absolute atomic E-state index is 0.0201. The van der Waals surface area contributed by atoms with E-state index in [1.807, 2.05) is 145 Å². The van der Waals surface area contributed by atoms with Crippen LogP contribution in [0.15, 0.2) is 134 Å². The third-order valence-corrected chi connectivity index (χ3v) is 14.5. The van der Waals surface area contributed by atoms with E-state index < -0.39 is 0 Å². The van der Waals surface area contributed by atoms with Crippen molar-refractivity contribution in [3.05, 3.63) is 254 Å². The zero-order valence-electron chi connectivity index (χ0n) is 62.0. The van der Waals surface area contributed by atoms with Crippen LogP contribution in [-0.4, -0.2) is 64.8 Å². The van der Waals surface area contributed by atoms with Crippen LogP contribution in [0, 0.1) is 118 Å². The van der Waals surface area contributed by atoms with Gasteiger partial charge in [-0.25, -0.2) is 34.9 Å². The van der Waals surface area contributed by atoms with Crippen molar-refractivity contribution < 1.29 is 0 Å². The first-order valence-corrected chi connectivity index (χ1v) is 32.1. The van der Waals surface area contributed by atoms with Gasteiger partial charge in [0.15, 0.2) is 0 Å². The standard InChI is InChI=1S/C13H13N.C12H21N3.C12H11N.C11H18N2.C10H15N.C8H12N2.C8H11N.C6H8N2/c1-10-8-14-9-13(11(10)2)12-6-4-3-5-7-12;1-8-13-9(11(2,3)4)15-10(14-8)12(5,6)7;1-10-12(8-5-9-13-10)11-6-3-2-4-7-11;1-7-8(2)12-10(11(4,5)6)13-9(7)3;1-8-6-5-7-9(11-8)10(2,3)4;1-5-6(2)9-8(4)10-7(5)3;1-6-4-7(2)9-8(3)5-6;1-5-3-7-4-6(2)8-5/h3-9H,1-2H3;1-7H3;2-9H,1H3;1-6H3;5-7H,1-4H3;1-4H3;4-5H,1-3H3;3-4H,1-2H3. The molecule has 13 heteroatoms. The van der Waals surface area contributed by atoms with E-state index in [0.717, 1.165) is 91.8 Å². The molecule has 0 saturated heterocycles. The Labute approximate surface area is 560 Å². The second-order valence-corrected chi connectivity index (χ2v) is 27.8. The van der Waals surface area contributed by atoms with Crippen LogP contribution in [0.25, 0.3) is 22.3 Å². The van der Waals surface area contributed by atoms with E-state index >= 15 is 0 Å². The van der Waals surface area contributed by atoms with Crippen molar-refractivity contribution in [1.29, 1.82) is 0 Å². The monoisotopic (exact) mass is 1250 g/mol. The summed E-state index contributed by atoms with van der Waals surface area (Å²) >= 11 is 0. The molecule has 10 aromatic rings. The fourth-order valence-corrected chi connectivity index (χ4v) is 8.74. The number of pyridine rings is 4. The normalized spacial score (nSPS) is 10.8. The third-order valence-electron chi connectivity index (χ3n) is 14.5. The van der Waals surface area contributed by atoms with Crippen molar-refractivity contribution in [1.82, 2.24) is 64.8 Å². The van der Waals surface area contributed by atoms with Crippen LogP contribution >= 0.6 is 0 Å². The van der Waals surface area contributed by atoms with Gasteiger partial charge in [-0.3, -0.25) is 29.9 Å². The lowest BCUT2D eigenvalue weighted by molar-refractivity contribution is 0.491. The predicted octanol–water partition coefficient (Wildman–Crippen LogP) is 19.4. The van der Waals surface area contributed by atoms with E-state index in [2.05, 4.69) is 242 Å². The molecule has 13 nitrogen and oxygen atoms in total. The van der Waals surface area contributed by atoms with Crippen LogP contribution in [0.1, 0.15) is 203 Å². The molecule has 0 bridgehead atoms.